The summed E-state index contributed by atoms with van der Waals surface area (Å²) in [5.41, 5.74) is 2.76. The Bertz CT molecular complexity index is 430. The molecule has 0 aliphatic heterocycles. The Labute approximate surface area is 89.4 Å². The fraction of sp³-hybridized carbons (Fsp3) is 0.250. The second kappa shape index (κ2) is 4.52. The minimum absolute atomic E-state index is 0.374. The highest BCUT2D eigenvalue weighted by Gasteiger charge is 2.12. The number of anilines is 1. The Kier molecular flexibility index (Phi) is 3.35. The highest BCUT2D eigenvalue weighted by atomic mass is 16.5. The van der Waals surface area contributed by atoms with Crippen molar-refractivity contribution < 1.29 is 9.53 Å². The van der Waals surface area contributed by atoms with Gasteiger partial charge < -0.3 is 10.1 Å². The average molecular weight is 203 g/mol. The predicted molar refractivity (Wildman–Crippen MR) is 60.0 cm³/mol. The van der Waals surface area contributed by atoms with Crippen LogP contribution in [-0.2, 0) is 4.74 Å². The number of nitrogens with one attached hydrogen (secondary N) is 1. The molecule has 0 aromatic heterocycles. The van der Waals surface area contributed by atoms with Crippen LogP contribution in [0.2, 0.25) is 0 Å². The molecule has 0 radical (unpaired) electrons. The van der Waals surface area contributed by atoms with Crippen molar-refractivity contribution in [2.45, 2.75) is 6.92 Å². The van der Waals surface area contributed by atoms with Crippen molar-refractivity contribution in [3.05, 3.63) is 28.8 Å². The minimum Gasteiger partial charge on any atom is -0.465 e. The summed E-state index contributed by atoms with van der Waals surface area (Å²) in [4.78, 5) is 11.5. The fourth-order valence-electron chi connectivity index (χ4n) is 1.33. The lowest BCUT2D eigenvalue weighted by atomic mass is 10.0. The molecule has 1 aromatic carbocycles. The summed E-state index contributed by atoms with van der Waals surface area (Å²) in [6, 6.07) is 3.55. The first kappa shape index (κ1) is 11.1. The van der Waals surface area contributed by atoms with E-state index in [0.717, 1.165) is 11.3 Å². The van der Waals surface area contributed by atoms with Gasteiger partial charge in [0, 0.05) is 18.3 Å². The third-order valence-corrected chi connectivity index (χ3v) is 2.26. The monoisotopic (exact) mass is 203 g/mol. The van der Waals surface area contributed by atoms with E-state index in [1.54, 1.807) is 20.0 Å². The van der Waals surface area contributed by atoms with Crippen molar-refractivity contribution in [2.24, 2.45) is 0 Å². The standard InChI is InChI=1S/C12H13NO2/c1-5-9-6-10(13-3)7-11(8(9)2)12(14)15-4/h1,6-7,13H,2-4H3. The Hall–Kier alpha value is -1.95. The molecule has 0 saturated heterocycles. The zero-order valence-corrected chi connectivity index (χ0v) is 9.05. The molecular weight excluding hydrogens is 190 g/mol. The predicted octanol–water partition coefficient (Wildman–Crippen LogP) is 1.80. The highest BCUT2D eigenvalue weighted by molar-refractivity contribution is 5.93. The van der Waals surface area contributed by atoms with Crippen LogP contribution in [0.5, 0.6) is 0 Å². The number of rotatable bonds is 2. The zero-order chi connectivity index (χ0) is 11.4. The molecular formula is C12H13NO2. The maximum absolute atomic E-state index is 11.5. The van der Waals surface area contributed by atoms with Gasteiger partial charge in [-0.3, -0.25) is 0 Å². The van der Waals surface area contributed by atoms with E-state index in [1.165, 1.54) is 7.11 Å². The van der Waals surface area contributed by atoms with E-state index in [1.807, 2.05) is 6.07 Å². The second-order valence-corrected chi connectivity index (χ2v) is 3.08. The second-order valence-electron chi connectivity index (χ2n) is 3.08. The van der Waals surface area contributed by atoms with Crippen LogP contribution in [0.25, 0.3) is 0 Å². The van der Waals surface area contributed by atoms with E-state index >= 15 is 0 Å². The molecule has 0 saturated carbocycles. The topological polar surface area (TPSA) is 38.3 Å². The number of benzene rings is 1. The summed E-state index contributed by atoms with van der Waals surface area (Å²) in [6.07, 6.45) is 5.35. The van der Waals surface area contributed by atoms with Crippen LogP contribution >= 0.6 is 0 Å². The van der Waals surface area contributed by atoms with Crippen LogP contribution in [0.15, 0.2) is 12.1 Å². The van der Waals surface area contributed by atoms with Gasteiger partial charge in [-0.15, -0.1) is 6.42 Å². The van der Waals surface area contributed by atoms with Crippen molar-refractivity contribution in [1.82, 2.24) is 0 Å². The summed E-state index contributed by atoms with van der Waals surface area (Å²) in [7, 11) is 3.12. The van der Waals surface area contributed by atoms with Crippen LogP contribution in [-0.4, -0.2) is 20.1 Å². The van der Waals surface area contributed by atoms with Crippen LogP contribution in [0, 0.1) is 19.3 Å². The van der Waals surface area contributed by atoms with E-state index in [-0.39, 0.29) is 5.97 Å². The van der Waals surface area contributed by atoms with Gasteiger partial charge in [0.05, 0.1) is 12.7 Å². The van der Waals surface area contributed by atoms with E-state index in [4.69, 9.17) is 6.42 Å². The van der Waals surface area contributed by atoms with Gasteiger partial charge in [-0.2, -0.15) is 0 Å². The fourth-order valence-corrected chi connectivity index (χ4v) is 1.33. The SMILES string of the molecule is C#Cc1cc(NC)cc(C(=O)OC)c1C. The molecule has 1 rings (SSSR count). The molecule has 0 heterocycles. The molecule has 0 spiro atoms. The van der Waals surface area contributed by atoms with Gasteiger partial charge in [0.2, 0.25) is 0 Å². The quantitative estimate of drug-likeness (QED) is 0.588. The number of hydrogen-bond acceptors (Lipinski definition) is 3. The minimum atomic E-state index is -0.374. The van der Waals surface area contributed by atoms with Crippen molar-refractivity contribution >= 4 is 11.7 Å². The van der Waals surface area contributed by atoms with E-state index in [2.05, 4.69) is 16.0 Å². The molecule has 0 bridgehead atoms. The third kappa shape index (κ3) is 2.10. The van der Waals surface area contributed by atoms with Gasteiger partial charge in [-0.05, 0) is 24.6 Å². The Balaban J connectivity index is 3.38. The first-order chi connectivity index (χ1) is 7.13. The van der Waals surface area contributed by atoms with Crippen LogP contribution in [0.1, 0.15) is 21.5 Å². The van der Waals surface area contributed by atoms with E-state index < -0.39 is 0 Å². The number of methoxy groups -OCH3 is 1. The normalized spacial score (nSPS) is 9.20. The number of hydrogen-bond donors (Lipinski definition) is 1. The largest absolute Gasteiger partial charge is 0.465 e. The highest BCUT2D eigenvalue weighted by Crippen LogP contribution is 2.20. The van der Waals surface area contributed by atoms with Crippen LogP contribution in [0.4, 0.5) is 5.69 Å². The summed E-state index contributed by atoms with van der Waals surface area (Å²) >= 11 is 0. The van der Waals surface area contributed by atoms with Gasteiger partial charge >= 0.3 is 5.97 Å². The van der Waals surface area contributed by atoms with Gasteiger partial charge in [-0.1, -0.05) is 5.92 Å². The Morgan fingerprint density at radius 2 is 2.20 bits per heavy atom. The summed E-state index contributed by atoms with van der Waals surface area (Å²) in [6.45, 7) is 1.81. The number of esters is 1. The number of terminal acetylenes is 1. The van der Waals surface area contributed by atoms with Gasteiger partial charge in [0.25, 0.3) is 0 Å². The molecule has 0 atom stereocenters. The lowest BCUT2D eigenvalue weighted by molar-refractivity contribution is 0.0600. The maximum Gasteiger partial charge on any atom is 0.338 e. The molecule has 0 unspecified atom stereocenters. The third-order valence-electron chi connectivity index (χ3n) is 2.26. The first-order valence-corrected chi connectivity index (χ1v) is 4.51. The van der Waals surface area contributed by atoms with Crippen LogP contribution < -0.4 is 5.32 Å². The average Bonchev–Trinajstić information content (AvgIpc) is 2.28. The lowest BCUT2D eigenvalue weighted by Crippen LogP contribution is -2.06. The lowest BCUT2D eigenvalue weighted by Gasteiger charge is -2.09. The molecule has 1 N–H and O–H groups in total. The molecule has 1 aromatic rings. The molecule has 0 aliphatic carbocycles. The molecule has 78 valence electrons. The maximum atomic E-state index is 11.5. The number of carbonyl (C=O) groups is 1. The van der Waals surface area contributed by atoms with Gasteiger partial charge in [0.15, 0.2) is 0 Å². The smallest absolute Gasteiger partial charge is 0.338 e. The summed E-state index contributed by atoms with van der Waals surface area (Å²) < 4.78 is 4.68. The van der Waals surface area contributed by atoms with Gasteiger partial charge in [-0.25, -0.2) is 4.79 Å². The number of carbonyl (C=O) groups excluding carboxylic acids is 1. The molecule has 15 heavy (non-hydrogen) atoms. The molecule has 0 fully saturated rings. The van der Waals surface area contributed by atoms with E-state index in [0.29, 0.717) is 11.1 Å². The van der Waals surface area contributed by atoms with Crippen LogP contribution in [0.3, 0.4) is 0 Å². The molecule has 0 amide bonds. The number of ether oxygens (including phenoxy) is 1. The molecule has 3 heteroatoms. The molecule has 3 nitrogen and oxygen atoms in total. The first-order valence-electron chi connectivity index (χ1n) is 4.51. The molecule has 0 aliphatic rings. The van der Waals surface area contributed by atoms with Gasteiger partial charge in [0.1, 0.15) is 0 Å². The zero-order valence-electron chi connectivity index (χ0n) is 9.05. The van der Waals surface area contributed by atoms with Crippen molar-refractivity contribution in [2.75, 3.05) is 19.5 Å². The summed E-state index contributed by atoms with van der Waals surface area (Å²) in [5, 5.41) is 2.94. The van der Waals surface area contributed by atoms with Crippen molar-refractivity contribution in [3.8, 4) is 12.3 Å². The van der Waals surface area contributed by atoms with E-state index in [9.17, 15) is 4.79 Å². The Morgan fingerprint density at radius 3 is 2.67 bits per heavy atom. The summed E-state index contributed by atoms with van der Waals surface area (Å²) in [5.74, 6) is 2.17. The Morgan fingerprint density at radius 1 is 1.53 bits per heavy atom. The van der Waals surface area contributed by atoms with Crippen molar-refractivity contribution in [1.29, 1.82) is 0 Å². The van der Waals surface area contributed by atoms with Crippen molar-refractivity contribution in [3.63, 3.8) is 0 Å².